The maximum Gasteiger partial charge on any atom is 0.307 e. The fourth-order valence-electron chi connectivity index (χ4n) is 2.99. The molecule has 0 spiro atoms. The SMILES string of the molecule is COc1ccccc1C1CC(C)CCC1C(=O)O. The predicted octanol–water partition coefficient (Wildman–Crippen LogP) is 3.30. The van der Waals surface area contributed by atoms with Crippen molar-refractivity contribution in [2.45, 2.75) is 32.1 Å². The van der Waals surface area contributed by atoms with E-state index in [1.165, 1.54) is 0 Å². The molecule has 3 nitrogen and oxygen atoms in total. The van der Waals surface area contributed by atoms with E-state index in [1.54, 1.807) is 7.11 Å². The van der Waals surface area contributed by atoms with Crippen molar-refractivity contribution >= 4 is 5.97 Å². The monoisotopic (exact) mass is 248 g/mol. The number of para-hydroxylation sites is 1. The number of carbonyl (C=O) groups is 1. The molecule has 1 N–H and O–H groups in total. The number of carboxylic acids is 1. The van der Waals surface area contributed by atoms with Gasteiger partial charge < -0.3 is 9.84 Å². The first-order valence-electron chi connectivity index (χ1n) is 6.49. The molecule has 0 bridgehead atoms. The van der Waals surface area contributed by atoms with Crippen molar-refractivity contribution in [3.63, 3.8) is 0 Å². The Morgan fingerprint density at radius 2 is 2.06 bits per heavy atom. The summed E-state index contributed by atoms with van der Waals surface area (Å²) in [4.78, 5) is 11.4. The molecule has 1 aliphatic rings. The van der Waals surface area contributed by atoms with Gasteiger partial charge in [-0.05, 0) is 36.8 Å². The topological polar surface area (TPSA) is 46.5 Å². The molecule has 1 fully saturated rings. The number of benzene rings is 1. The predicted molar refractivity (Wildman–Crippen MR) is 69.9 cm³/mol. The maximum absolute atomic E-state index is 11.4. The Morgan fingerprint density at radius 3 is 2.72 bits per heavy atom. The van der Waals surface area contributed by atoms with Crippen LogP contribution in [0.1, 0.15) is 37.7 Å². The zero-order chi connectivity index (χ0) is 13.1. The van der Waals surface area contributed by atoms with Crippen LogP contribution in [0.15, 0.2) is 24.3 Å². The second-order valence-corrected chi connectivity index (χ2v) is 5.21. The van der Waals surface area contributed by atoms with Crippen molar-refractivity contribution in [2.75, 3.05) is 7.11 Å². The van der Waals surface area contributed by atoms with Crippen molar-refractivity contribution in [1.82, 2.24) is 0 Å². The van der Waals surface area contributed by atoms with Gasteiger partial charge in [-0.1, -0.05) is 25.1 Å². The number of rotatable bonds is 3. The van der Waals surface area contributed by atoms with Gasteiger partial charge >= 0.3 is 5.97 Å². The highest BCUT2D eigenvalue weighted by molar-refractivity contribution is 5.72. The highest BCUT2D eigenvalue weighted by atomic mass is 16.5. The average Bonchev–Trinajstić information content (AvgIpc) is 2.38. The van der Waals surface area contributed by atoms with Gasteiger partial charge in [-0.15, -0.1) is 0 Å². The molecule has 3 unspecified atom stereocenters. The number of ether oxygens (including phenoxy) is 1. The summed E-state index contributed by atoms with van der Waals surface area (Å²) >= 11 is 0. The standard InChI is InChI=1S/C15H20O3/c1-10-7-8-12(15(16)17)13(9-10)11-5-3-4-6-14(11)18-2/h3-6,10,12-13H,7-9H2,1-2H3,(H,16,17). The fraction of sp³-hybridized carbons (Fsp3) is 0.533. The van der Waals surface area contributed by atoms with Crippen LogP contribution < -0.4 is 4.74 Å². The summed E-state index contributed by atoms with van der Waals surface area (Å²) in [7, 11) is 1.64. The summed E-state index contributed by atoms with van der Waals surface area (Å²) in [5.74, 6) is 0.496. The lowest BCUT2D eigenvalue weighted by Crippen LogP contribution is -2.28. The quantitative estimate of drug-likeness (QED) is 0.892. The molecule has 0 aromatic heterocycles. The summed E-state index contributed by atoms with van der Waals surface area (Å²) in [5, 5.41) is 9.38. The lowest BCUT2D eigenvalue weighted by atomic mass is 9.71. The molecule has 0 radical (unpaired) electrons. The zero-order valence-electron chi connectivity index (χ0n) is 10.9. The van der Waals surface area contributed by atoms with Crippen LogP contribution in [0, 0.1) is 11.8 Å². The molecule has 2 rings (SSSR count). The molecule has 1 aromatic carbocycles. The van der Waals surface area contributed by atoms with E-state index in [9.17, 15) is 9.90 Å². The lowest BCUT2D eigenvalue weighted by Gasteiger charge is -2.33. The fourth-order valence-corrected chi connectivity index (χ4v) is 2.99. The summed E-state index contributed by atoms with van der Waals surface area (Å²) in [6.07, 6.45) is 2.69. The van der Waals surface area contributed by atoms with Gasteiger partial charge in [0.05, 0.1) is 13.0 Å². The van der Waals surface area contributed by atoms with Gasteiger partial charge in [0.15, 0.2) is 0 Å². The summed E-state index contributed by atoms with van der Waals surface area (Å²) in [5.41, 5.74) is 1.04. The molecule has 0 heterocycles. The first kappa shape index (κ1) is 12.9. The lowest BCUT2D eigenvalue weighted by molar-refractivity contribution is -0.143. The number of hydrogen-bond acceptors (Lipinski definition) is 2. The van der Waals surface area contributed by atoms with Crippen LogP contribution in [0.3, 0.4) is 0 Å². The molecule has 3 heteroatoms. The maximum atomic E-state index is 11.4. The molecule has 1 aromatic rings. The van der Waals surface area contributed by atoms with Crippen LogP contribution in [0.5, 0.6) is 5.75 Å². The summed E-state index contributed by atoms with van der Waals surface area (Å²) < 4.78 is 5.37. The molecule has 1 aliphatic carbocycles. The molecule has 0 saturated heterocycles. The molecular formula is C15H20O3. The van der Waals surface area contributed by atoms with Gasteiger partial charge in [0, 0.05) is 5.92 Å². The van der Waals surface area contributed by atoms with Crippen molar-refractivity contribution in [3.05, 3.63) is 29.8 Å². The van der Waals surface area contributed by atoms with E-state index in [0.29, 0.717) is 5.92 Å². The van der Waals surface area contributed by atoms with Crippen molar-refractivity contribution in [2.24, 2.45) is 11.8 Å². The van der Waals surface area contributed by atoms with Gasteiger partial charge in [-0.3, -0.25) is 4.79 Å². The first-order valence-corrected chi connectivity index (χ1v) is 6.49. The van der Waals surface area contributed by atoms with E-state index in [0.717, 1.165) is 30.6 Å². The Bertz CT molecular complexity index is 428. The number of methoxy groups -OCH3 is 1. The molecule has 98 valence electrons. The van der Waals surface area contributed by atoms with E-state index < -0.39 is 5.97 Å². The van der Waals surface area contributed by atoms with E-state index in [2.05, 4.69) is 6.92 Å². The third kappa shape index (κ3) is 2.50. The van der Waals surface area contributed by atoms with Gasteiger partial charge in [0.25, 0.3) is 0 Å². The molecule has 0 aliphatic heterocycles. The zero-order valence-corrected chi connectivity index (χ0v) is 10.9. The summed E-state index contributed by atoms with van der Waals surface area (Å²) in [6, 6.07) is 7.78. The number of aliphatic carboxylic acids is 1. The Labute approximate surface area is 108 Å². The first-order chi connectivity index (χ1) is 8.63. The smallest absolute Gasteiger partial charge is 0.307 e. The molecule has 18 heavy (non-hydrogen) atoms. The second-order valence-electron chi connectivity index (χ2n) is 5.21. The van der Waals surface area contributed by atoms with Crippen molar-refractivity contribution in [1.29, 1.82) is 0 Å². The third-order valence-corrected chi connectivity index (χ3v) is 3.97. The third-order valence-electron chi connectivity index (χ3n) is 3.97. The van der Waals surface area contributed by atoms with E-state index in [-0.39, 0.29) is 11.8 Å². The van der Waals surface area contributed by atoms with Crippen molar-refractivity contribution < 1.29 is 14.6 Å². The number of carboxylic acid groups (broad SMARTS) is 1. The highest BCUT2D eigenvalue weighted by Gasteiger charge is 2.35. The minimum Gasteiger partial charge on any atom is -0.496 e. The Morgan fingerprint density at radius 1 is 1.33 bits per heavy atom. The van der Waals surface area contributed by atoms with E-state index in [1.807, 2.05) is 24.3 Å². The van der Waals surface area contributed by atoms with Crippen LogP contribution in [0.25, 0.3) is 0 Å². The largest absolute Gasteiger partial charge is 0.496 e. The minimum absolute atomic E-state index is 0.0717. The van der Waals surface area contributed by atoms with E-state index in [4.69, 9.17) is 4.74 Å². The minimum atomic E-state index is -0.683. The van der Waals surface area contributed by atoms with Gasteiger partial charge in [0.1, 0.15) is 5.75 Å². The molecule has 3 atom stereocenters. The van der Waals surface area contributed by atoms with Crippen LogP contribution in [-0.2, 0) is 4.79 Å². The Kier molecular flexibility index (Phi) is 3.90. The Balaban J connectivity index is 2.34. The second kappa shape index (κ2) is 5.42. The van der Waals surface area contributed by atoms with Crippen LogP contribution in [0.4, 0.5) is 0 Å². The van der Waals surface area contributed by atoms with Crippen LogP contribution >= 0.6 is 0 Å². The molecule has 1 saturated carbocycles. The van der Waals surface area contributed by atoms with E-state index >= 15 is 0 Å². The van der Waals surface area contributed by atoms with Crippen molar-refractivity contribution in [3.8, 4) is 5.75 Å². The average molecular weight is 248 g/mol. The van der Waals surface area contributed by atoms with Gasteiger partial charge in [0.2, 0.25) is 0 Å². The van der Waals surface area contributed by atoms with Gasteiger partial charge in [-0.25, -0.2) is 0 Å². The molecular weight excluding hydrogens is 228 g/mol. The normalized spacial score (nSPS) is 27.8. The number of hydrogen-bond donors (Lipinski definition) is 1. The molecule has 0 amide bonds. The highest BCUT2D eigenvalue weighted by Crippen LogP contribution is 2.43. The Hall–Kier alpha value is -1.51. The summed E-state index contributed by atoms with van der Waals surface area (Å²) in [6.45, 7) is 2.19. The van der Waals surface area contributed by atoms with Crippen LogP contribution in [0.2, 0.25) is 0 Å². The van der Waals surface area contributed by atoms with Gasteiger partial charge in [-0.2, -0.15) is 0 Å². The van der Waals surface area contributed by atoms with Crippen LogP contribution in [-0.4, -0.2) is 18.2 Å².